The van der Waals surface area contributed by atoms with Gasteiger partial charge in [0.15, 0.2) is 0 Å². The first-order chi connectivity index (χ1) is 15.2. The van der Waals surface area contributed by atoms with E-state index >= 15 is 0 Å². The molecule has 158 valence electrons. The van der Waals surface area contributed by atoms with Gasteiger partial charge in [-0.25, -0.2) is 0 Å². The fourth-order valence-electron chi connectivity index (χ4n) is 4.81. The summed E-state index contributed by atoms with van der Waals surface area (Å²) in [7, 11) is 1.69. The summed E-state index contributed by atoms with van der Waals surface area (Å²) in [5, 5.41) is 3.27. The molecule has 2 aromatic carbocycles. The van der Waals surface area contributed by atoms with Crippen LogP contribution in [0.15, 0.2) is 54.7 Å². The van der Waals surface area contributed by atoms with Crippen molar-refractivity contribution in [2.24, 2.45) is 0 Å². The lowest BCUT2D eigenvalue weighted by atomic mass is 9.77. The van der Waals surface area contributed by atoms with Gasteiger partial charge in [0, 0.05) is 23.4 Å². The van der Waals surface area contributed by atoms with Crippen LogP contribution in [0, 0.1) is 0 Å². The Hall–Kier alpha value is -3.34. The number of fused-ring (bicyclic) bond motifs is 6. The zero-order valence-corrected chi connectivity index (χ0v) is 17.9. The Kier molecular flexibility index (Phi) is 4.89. The minimum absolute atomic E-state index is 0.119. The highest BCUT2D eigenvalue weighted by molar-refractivity contribution is 6.01. The van der Waals surface area contributed by atoms with Crippen LogP contribution < -0.4 is 14.8 Å². The second kappa shape index (κ2) is 7.73. The number of amides is 1. The lowest BCUT2D eigenvalue weighted by Gasteiger charge is -2.37. The molecule has 0 saturated heterocycles. The highest BCUT2D eigenvalue weighted by atomic mass is 16.5. The van der Waals surface area contributed by atoms with E-state index in [1.807, 2.05) is 36.4 Å². The standard InChI is InChI=1S/C26H26N2O3/c1-3-4-5-6-10-17-15-20-23(16-22(17)30-2)31-21-13-8-7-12-19(21)26(20)24-18(25(29)28-26)11-9-14-27-24/h7-9,11-16H,3-6,10H2,1-2H3,(H,28,29). The molecule has 1 amide bonds. The number of benzene rings is 2. The Morgan fingerprint density at radius 2 is 1.90 bits per heavy atom. The number of aryl methyl sites for hydroxylation is 1. The Balaban J connectivity index is 1.71. The van der Waals surface area contributed by atoms with E-state index in [9.17, 15) is 4.79 Å². The molecule has 0 saturated carbocycles. The summed E-state index contributed by atoms with van der Waals surface area (Å²) >= 11 is 0. The second-order valence-electron chi connectivity index (χ2n) is 8.17. The molecular weight excluding hydrogens is 388 g/mol. The van der Waals surface area contributed by atoms with Crippen molar-refractivity contribution in [2.45, 2.75) is 44.6 Å². The first-order valence-electron chi connectivity index (χ1n) is 11.0. The number of ether oxygens (including phenoxy) is 2. The summed E-state index contributed by atoms with van der Waals surface area (Å²) < 4.78 is 12.0. The van der Waals surface area contributed by atoms with Crippen molar-refractivity contribution >= 4 is 5.91 Å². The molecule has 2 aliphatic rings. The number of nitrogens with one attached hydrogen (secondary N) is 1. The lowest BCUT2D eigenvalue weighted by molar-refractivity contribution is 0.0946. The number of rotatable bonds is 6. The van der Waals surface area contributed by atoms with Gasteiger partial charge < -0.3 is 14.8 Å². The number of hydrogen-bond donors (Lipinski definition) is 1. The van der Waals surface area contributed by atoms with Gasteiger partial charge in [-0.3, -0.25) is 9.78 Å². The highest BCUT2D eigenvalue weighted by Crippen LogP contribution is 2.53. The van der Waals surface area contributed by atoms with Crippen LogP contribution in [-0.2, 0) is 12.0 Å². The Labute approximate surface area is 182 Å². The summed E-state index contributed by atoms with van der Waals surface area (Å²) in [5.41, 5.74) is 3.38. The lowest BCUT2D eigenvalue weighted by Crippen LogP contribution is -2.44. The van der Waals surface area contributed by atoms with Crippen molar-refractivity contribution in [3.8, 4) is 17.2 Å². The van der Waals surface area contributed by atoms with E-state index in [0.29, 0.717) is 17.1 Å². The molecule has 3 aromatic rings. The van der Waals surface area contributed by atoms with Gasteiger partial charge >= 0.3 is 0 Å². The third-order valence-corrected chi connectivity index (χ3v) is 6.31. The Morgan fingerprint density at radius 1 is 1.03 bits per heavy atom. The van der Waals surface area contributed by atoms with Gasteiger partial charge in [-0.2, -0.15) is 0 Å². The van der Waals surface area contributed by atoms with Crippen molar-refractivity contribution < 1.29 is 14.3 Å². The maximum absolute atomic E-state index is 13.0. The van der Waals surface area contributed by atoms with Crippen molar-refractivity contribution in [1.82, 2.24) is 10.3 Å². The normalized spacial score (nSPS) is 18.1. The molecule has 1 spiro atoms. The predicted octanol–water partition coefficient (Wildman–Crippen LogP) is 5.35. The van der Waals surface area contributed by atoms with E-state index in [2.05, 4.69) is 23.3 Å². The number of carbonyl (C=O) groups excluding carboxylic acids is 1. The summed E-state index contributed by atoms with van der Waals surface area (Å²) in [6, 6.07) is 15.6. The molecule has 0 fully saturated rings. The summed E-state index contributed by atoms with van der Waals surface area (Å²) in [5.74, 6) is 2.10. The number of aromatic nitrogens is 1. The fourth-order valence-corrected chi connectivity index (χ4v) is 4.81. The number of carbonyl (C=O) groups is 1. The van der Waals surface area contributed by atoms with Crippen LogP contribution in [-0.4, -0.2) is 18.0 Å². The molecule has 1 aromatic heterocycles. The topological polar surface area (TPSA) is 60.5 Å². The minimum atomic E-state index is -0.873. The quantitative estimate of drug-likeness (QED) is 0.552. The van der Waals surface area contributed by atoms with Crippen LogP contribution in [0.3, 0.4) is 0 Å². The molecule has 0 aliphatic carbocycles. The van der Waals surface area contributed by atoms with Crippen molar-refractivity contribution in [3.63, 3.8) is 0 Å². The number of pyridine rings is 1. The highest BCUT2D eigenvalue weighted by Gasteiger charge is 2.52. The summed E-state index contributed by atoms with van der Waals surface area (Å²) in [6.07, 6.45) is 7.35. The van der Waals surface area contributed by atoms with Gasteiger partial charge in [-0.05, 0) is 42.7 Å². The van der Waals surface area contributed by atoms with Crippen LogP contribution in [0.1, 0.15) is 65.3 Å². The molecular formula is C26H26N2O3. The van der Waals surface area contributed by atoms with Crippen molar-refractivity contribution in [2.75, 3.05) is 7.11 Å². The molecule has 0 radical (unpaired) electrons. The van der Waals surface area contributed by atoms with Crippen LogP contribution in [0.2, 0.25) is 0 Å². The molecule has 2 aliphatic heterocycles. The predicted molar refractivity (Wildman–Crippen MR) is 119 cm³/mol. The molecule has 31 heavy (non-hydrogen) atoms. The number of methoxy groups -OCH3 is 1. The molecule has 1 N–H and O–H groups in total. The van der Waals surface area contributed by atoms with Gasteiger partial charge in [-0.15, -0.1) is 0 Å². The smallest absolute Gasteiger partial charge is 0.254 e. The molecule has 1 atom stereocenters. The van der Waals surface area contributed by atoms with E-state index in [4.69, 9.17) is 9.47 Å². The molecule has 5 nitrogen and oxygen atoms in total. The fraction of sp³-hybridized carbons (Fsp3) is 0.308. The first-order valence-corrected chi connectivity index (χ1v) is 11.0. The van der Waals surface area contributed by atoms with Crippen molar-refractivity contribution in [1.29, 1.82) is 0 Å². The largest absolute Gasteiger partial charge is 0.496 e. The van der Waals surface area contributed by atoms with E-state index in [0.717, 1.165) is 41.0 Å². The van der Waals surface area contributed by atoms with Crippen LogP contribution in [0.5, 0.6) is 17.2 Å². The average molecular weight is 415 g/mol. The third kappa shape index (κ3) is 2.99. The molecule has 1 unspecified atom stereocenters. The maximum atomic E-state index is 13.0. The SMILES string of the molecule is CCCCCCc1cc2c(cc1OC)Oc1ccccc1C21NC(=O)c2cccnc21. The zero-order valence-electron chi connectivity index (χ0n) is 17.9. The van der Waals surface area contributed by atoms with Crippen LogP contribution >= 0.6 is 0 Å². The second-order valence-corrected chi connectivity index (χ2v) is 8.17. The molecule has 0 bridgehead atoms. The van der Waals surface area contributed by atoms with Crippen molar-refractivity contribution in [3.05, 3.63) is 82.7 Å². The third-order valence-electron chi connectivity index (χ3n) is 6.31. The number of unbranched alkanes of at least 4 members (excludes halogenated alkanes) is 3. The van der Waals surface area contributed by atoms with Gasteiger partial charge in [0.25, 0.3) is 5.91 Å². The Morgan fingerprint density at radius 3 is 2.74 bits per heavy atom. The number of nitrogens with zero attached hydrogens (tertiary/aromatic N) is 1. The molecule has 5 heteroatoms. The van der Waals surface area contributed by atoms with Gasteiger partial charge in [-0.1, -0.05) is 44.4 Å². The molecule has 3 heterocycles. The summed E-state index contributed by atoms with van der Waals surface area (Å²) in [6.45, 7) is 2.21. The van der Waals surface area contributed by atoms with E-state index < -0.39 is 5.54 Å². The molecule has 5 rings (SSSR count). The van der Waals surface area contributed by atoms with E-state index in [1.54, 1.807) is 19.4 Å². The Bertz CT molecular complexity index is 1160. The average Bonchev–Trinajstić information content (AvgIpc) is 3.10. The van der Waals surface area contributed by atoms with Gasteiger partial charge in [0.2, 0.25) is 0 Å². The van der Waals surface area contributed by atoms with Gasteiger partial charge in [0.1, 0.15) is 22.8 Å². The van der Waals surface area contributed by atoms with E-state index in [-0.39, 0.29) is 5.91 Å². The number of hydrogen-bond acceptors (Lipinski definition) is 4. The first kappa shape index (κ1) is 19.6. The van der Waals surface area contributed by atoms with E-state index in [1.165, 1.54) is 19.3 Å². The van der Waals surface area contributed by atoms with Crippen LogP contribution in [0.25, 0.3) is 0 Å². The number of para-hydroxylation sites is 1. The summed E-state index contributed by atoms with van der Waals surface area (Å²) in [4.78, 5) is 17.7. The van der Waals surface area contributed by atoms with Gasteiger partial charge in [0.05, 0.1) is 18.4 Å². The monoisotopic (exact) mass is 414 g/mol. The minimum Gasteiger partial charge on any atom is -0.496 e. The zero-order chi connectivity index (χ0) is 21.4. The maximum Gasteiger partial charge on any atom is 0.254 e. The van der Waals surface area contributed by atoms with Crippen LogP contribution in [0.4, 0.5) is 0 Å².